The molecule has 0 spiro atoms. The molecule has 210 valence electrons. The minimum absolute atomic E-state index is 0.145. The quantitative estimate of drug-likeness (QED) is 0.408. The van der Waals surface area contributed by atoms with Gasteiger partial charge in [0.05, 0.1) is 35.9 Å². The van der Waals surface area contributed by atoms with Crippen LogP contribution in [-0.2, 0) is 22.4 Å². The van der Waals surface area contributed by atoms with E-state index in [9.17, 15) is 23.5 Å². The third-order valence-electron chi connectivity index (χ3n) is 8.61. The number of methoxy groups -OCH3 is 1. The number of amides is 1. The lowest BCUT2D eigenvalue weighted by Gasteiger charge is -2.42. The average Bonchev–Trinajstić information content (AvgIpc) is 3.43. The van der Waals surface area contributed by atoms with Gasteiger partial charge in [0, 0.05) is 5.41 Å². The maximum absolute atomic E-state index is 14.9. The Labute approximate surface area is 231 Å². The van der Waals surface area contributed by atoms with Crippen LogP contribution in [-0.4, -0.2) is 45.0 Å². The highest BCUT2D eigenvalue weighted by molar-refractivity contribution is 5.99. The number of hydrogen-bond donors (Lipinski definition) is 2. The number of hydrogen-bond acceptors (Lipinski definition) is 5. The molecule has 1 aromatic heterocycles. The second-order valence-electron chi connectivity index (χ2n) is 11.5. The molecule has 0 bridgehead atoms. The van der Waals surface area contributed by atoms with Crippen molar-refractivity contribution in [2.24, 2.45) is 5.41 Å². The summed E-state index contributed by atoms with van der Waals surface area (Å²) in [5.74, 6) is -2.38. The largest absolute Gasteiger partial charge is 0.467 e. The van der Waals surface area contributed by atoms with Gasteiger partial charge in [0.15, 0.2) is 0 Å². The van der Waals surface area contributed by atoms with Gasteiger partial charge in [-0.05, 0) is 93.5 Å². The molecule has 2 atom stereocenters. The van der Waals surface area contributed by atoms with Crippen molar-refractivity contribution in [1.82, 2.24) is 15.1 Å². The molecule has 2 aliphatic rings. The molecule has 2 aliphatic carbocycles. The summed E-state index contributed by atoms with van der Waals surface area (Å²) in [5.41, 5.74) is 1.04. The van der Waals surface area contributed by atoms with Crippen molar-refractivity contribution in [3.05, 3.63) is 88.3 Å². The van der Waals surface area contributed by atoms with E-state index in [1.807, 2.05) is 6.92 Å². The van der Waals surface area contributed by atoms with Crippen molar-refractivity contribution in [3.63, 3.8) is 0 Å². The molecule has 1 fully saturated rings. The van der Waals surface area contributed by atoms with Crippen molar-refractivity contribution < 1.29 is 28.2 Å². The topological polar surface area (TPSA) is 93.4 Å². The van der Waals surface area contributed by atoms with Gasteiger partial charge < -0.3 is 15.2 Å². The van der Waals surface area contributed by atoms with E-state index in [0.29, 0.717) is 31.2 Å². The molecule has 0 saturated heterocycles. The van der Waals surface area contributed by atoms with Crippen LogP contribution in [0, 0.1) is 17.0 Å². The number of rotatable bonds is 7. The first-order chi connectivity index (χ1) is 18.9. The second-order valence-corrected chi connectivity index (χ2v) is 11.5. The van der Waals surface area contributed by atoms with Crippen LogP contribution in [0.3, 0.4) is 0 Å². The summed E-state index contributed by atoms with van der Waals surface area (Å²) in [4.78, 5) is 25.2. The molecular weight excluding hydrogens is 516 g/mol. The predicted octanol–water partition coefficient (Wildman–Crippen LogP) is 4.94. The maximum atomic E-state index is 14.9. The van der Waals surface area contributed by atoms with Gasteiger partial charge in [-0.3, -0.25) is 4.79 Å². The Hall–Kier alpha value is -3.85. The van der Waals surface area contributed by atoms with Gasteiger partial charge in [0.2, 0.25) is 0 Å². The molecule has 1 heterocycles. The van der Waals surface area contributed by atoms with Crippen molar-refractivity contribution in [3.8, 4) is 5.69 Å². The molecule has 9 heteroatoms. The Morgan fingerprint density at radius 2 is 1.90 bits per heavy atom. The summed E-state index contributed by atoms with van der Waals surface area (Å²) in [6, 6.07) is 10.6. The highest BCUT2D eigenvalue weighted by Gasteiger charge is 2.54. The number of aryl methyl sites for hydroxylation is 1. The molecule has 1 amide bonds. The Kier molecular flexibility index (Phi) is 6.90. The number of aromatic nitrogens is 2. The predicted molar refractivity (Wildman–Crippen MR) is 146 cm³/mol. The highest BCUT2D eigenvalue weighted by Crippen LogP contribution is 2.56. The fourth-order valence-corrected chi connectivity index (χ4v) is 6.14. The summed E-state index contributed by atoms with van der Waals surface area (Å²) < 4.78 is 34.9. The smallest absolute Gasteiger partial charge is 0.330 e. The molecule has 1 unspecified atom stereocenters. The number of benzene rings is 2. The standard InChI is InChI=1S/C31H33F2N3O4/c1-29(2,28(38)40-4)35-27(37)26-19(6-5-7-24(26)33)12-14-31(39)15-13-21-16-25-20(17-30(21,31)3)18-34-36(25)23-10-8-22(32)9-11-23/h5-11,16,18,39H,12-15,17H2,1-4H3,(H,35,37)/t30?,31-/m0/s1. The van der Waals surface area contributed by atoms with E-state index in [2.05, 4.69) is 16.5 Å². The summed E-state index contributed by atoms with van der Waals surface area (Å²) in [7, 11) is 1.22. The van der Waals surface area contributed by atoms with Crippen molar-refractivity contribution in [2.45, 2.75) is 64.0 Å². The van der Waals surface area contributed by atoms with E-state index < -0.39 is 34.2 Å². The van der Waals surface area contributed by atoms with Gasteiger partial charge in [-0.2, -0.15) is 5.10 Å². The number of aliphatic hydroxyl groups is 1. The molecule has 2 N–H and O–H groups in total. The average molecular weight is 550 g/mol. The molecule has 5 rings (SSSR count). The number of carbonyl (C=O) groups excluding carboxylic acids is 2. The first-order valence-corrected chi connectivity index (χ1v) is 13.3. The van der Waals surface area contributed by atoms with Gasteiger partial charge in [-0.1, -0.05) is 24.6 Å². The van der Waals surface area contributed by atoms with Gasteiger partial charge in [0.25, 0.3) is 5.91 Å². The number of esters is 1. The second kappa shape index (κ2) is 9.96. The normalized spacial score (nSPS) is 21.8. The van der Waals surface area contributed by atoms with E-state index in [-0.39, 0.29) is 17.8 Å². The number of carbonyl (C=O) groups is 2. The minimum atomic E-state index is -1.35. The zero-order valence-electron chi connectivity index (χ0n) is 23.1. The van der Waals surface area contributed by atoms with Crippen LogP contribution in [0.15, 0.2) is 54.2 Å². The fourth-order valence-electron chi connectivity index (χ4n) is 6.14. The van der Waals surface area contributed by atoms with Crippen LogP contribution in [0.2, 0.25) is 0 Å². The lowest BCUT2D eigenvalue weighted by atomic mass is 9.65. The third-order valence-corrected chi connectivity index (χ3v) is 8.61. The molecule has 0 aliphatic heterocycles. The van der Waals surface area contributed by atoms with Crippen LogP contribution >= 0.6 is 0 Å². The van der Waals surface area contributed by atoms with Crippen LogP contribution in [0.25, 0.3) is 11.8 Å². The Morgan fingerprint density at radius 3 is 2.60 bits per heavy atom. The summed E-state index contributed by atoms with van der Waals surface area (Å²) >= 11 is 0. The first-order valence-electron chi connectivity index (χ1n) is 13.3. The van der Waals surface area contributed by atoms with Gasteiger partial charge >= 0.3 is 5.97 Å². The van der Waals surface area contributed by atoms with Gasteiger partial charge in [0.1, 0.15) is 17.2 Å². The van der Waals surface area contributed by atoms with E-state index in [0.717, 1.165) is 22.5 Å². The fraction of sp³-hybridized carbons (Fsp3) is 0.387. The van der Waals surface area contributed by atoms with Crippen LogP contribution in [0.4, 0.5) is 8.78 Å². The van der Waals surface area contributed by atoms with E-state index in [1.54, 1.807) is 29.1 Å². The maximum Gasteiger partial charge on any atom is 0.330 e. The van der Waals surface area contributed by atoms with Gasteiger partial charge in [-0.15, -0.1) is 0 Å². The van der Waals surface area contributed by atoms with Crippen LogP contribution in [0.5, 0.6) is 0 Å². The molecule has 2 aromatic carbocycles. The minimum Gasteiger partial charge on any atom is -0.467 e. The van der Waals surface area contributed by atoms with Crippen molar-refractivity contribution in [1.29, 1.82) is 0 Å². The zero-order chi connectivity index (χ0) is 28.9. The number of halogens is 2. The van der Waals surface area contributed by atoms with E-state index in [1.165, 1.54) is 45.2 Å². The van der Waals surface area contributed by atoms with Gasteiger partial charge in [-0.25, -0.2) is 18.3 Å². The zero-order valence-corrected chi connectivity index (χ0v) is 23.1. The third kappa shape index (κ3) is 4.62. The van der Waals surface area contributed by atoms with Crippen LogP contribution in [0.1, 0.15) is 67.2 Å². The lowest BCUT2D eigenvalue weighted by molar-refractivity contribution is -0.146. The summed E-state index contributed by atoms with van der Waals surface area (Å²) in [6.07, 6.45) is 6.21. The van der Waals surface area contributed by atoms with Crippen LogP contribution < -0.4 is 5.32 Å². The Morgan fingerprint density at radius 1 is 1.18 bits per heavy atom. The lowest BCUT2D eigenvalue weighted by Crippen LogP contribution is -2.50. The number of nitrogens with one attached hydrogen (secondary N) is 1. The monoisotopic (exact) mass is 549 g/mol. The molecule has 1 saturated carbocycles. The number of fused-ring (bicyclic) bond motifs is 2. The molecule has 7 nitrogen and oxygen atoms in total. The first kappa shape index (κ1) is 27.7. The molecule has 0 radical (unpaired) electrons. The highest BCUT2D eigenvalue weighted by atomic mass is 19.1. The number of nitrogens with zero attached hydrogens (tertiary/aromatic N) is 2. The summed E-state index contributed by atoms with van der Waals surface area (Å²) in [6.45, 7) is 5.02. The molecular formula is C31H33F2N3O4. The van der Waals surface area contributed by atoms with Crippen molar-refractivity contribution in [2.75, 3.05) is 7.11 Å². The van der Waals surface area contributed by atoms with E-state index >= 15 is 0 Å². The van der Waals surface area contributed by atoms with E-state index in [4.69, 9.17) is 4.74 Å². The van der Waals surface area contributed by atoms with Crippen molar-refractivity contribution >= 4 is 18.0 Å². The number of ether oxygens (including phenoxy) is 1. The summed E-state index contributed by atoms with van der Waals surface area (Å²) in [5, 5.41) is 19.1. The SMILES string of the molecule is COC(=O)C(C)(C)NC(=O)c1c(F)cccc1CC[C@]1(O)CCC2=Cc3c(cnn3-c3ccc(F)cc3)CC21C. The molecule has 3 aromatic rings. The Balaban J connectivity index is 1.39. The molecule has 40 heavy (non-hydrogen) atoms. The Bertz CT molecular complexity index is 1510.